The Kier molecular flexibility index (Phi) is 31.5. The van der Waals surface area contributed by atoms with Gasteiger partial charge in [0, 0.05) is 6.42 Å². The highest BCUT2D eigenvalue weighted by molar-refractivity contribution is 5.76. The van der Waals surface area contributed by atoms with E-state index in [1.54, 1.807) is 6.08 Å². The van der Waals surface area contributed by atoms with Gasteiger partial charge in [-0.05, 0) is 44.9 Å². The fourth-order valence-electron chi connectivity index (χ4n) is 5.17. The molecule has 0 aliphatic rings. The molecule has 0 heterocycles. The van der Waals surface area contributed by atoms with Crippen LogP contribution in [-0.4, -0.2) is 34.9 Å². The van der Waals surface area contributed by atoms with Gasteiger partial charge in [0.25, 0.3) is 0 Å². The molecule has 0 spiro atoms. The minimum atomic E-state index is -0.837. The fraction of sp³-hybridized carbons (Fsp3) is 0.861. The maximum absolute atomic E-state index is 12.3. The summed E-state index contributed by atoms with van der Waals surface area (Å²) in [7, 11) is 0. The molecule has 0 aliphatic heterocycles. The van der Waals surface area contributed by atoms with Crippen LogP contribution in [0.3, 0.4) is 0 Å². The third-order valence-electron chi connectivity index (χ3n) is 7.93. The first-order chi connectivity index (χ1) is 19.7. The Balaban J connectivity index is 3.66. The summed E-state index contributed by atoms with van der Waals surface area (Å²) in [4.78, 5) is 12.3. The van der Waals surface area contributed by atoms with E-state index in [-0.39, 0.29) is 12.5 Å². The lowest BCUT2D eigenvalue weighted by Gasteiger charge is -2.20. The van der Waals surface area contributed by atoms with Crippen LogP contribution >= 0.6 is 0 Å². The molecule has 3 N–H and O–H groups in total. The molecular formula is C36H69NO3. The van der Waals surface area contributed by atoms with Crippen LogP contribution in [0.1, 0.15) is 181 Å². The van der Waals surface area contributed by atoms with Crippen LogP contribution in [0.5, 0.6) is 0 Å². The van der Waals surface area contributed by atoms with Crippen LogP contribution in [0, 0.1) is 0 Å². The van der Waals surface area contributed by atoms with Crippen molar-refractivity contribution < 1.29 is 15.0 Å². The predicted molar refractivity (Wildman–Crippen MR) is 175 cm³/mol. The van der Waals surface area contributed by atoms with E-state index in [1.165, 1.54) is 128 Å². The third-order valence-corrected chi connectivity index (χ3v) is 7.93. The number of rotatable bonds is 31. The van der Waals surface area contributed by atoms with E-state index in [0.29, 0.717) is 6.42 Å². The van der Waals surface area contributed by atoms with Crippen molar-refractivity contribution in [2.24, 2.45) is 0 Å². The lowest BCUT2D eigenvalue weighted by molar-refractivity contribution is -0.123. The van der Waals surface area contributed by atoms with Crippen molar-refractivity contribution in [2.45, 2.75) is 193 Å². The summed E-state index contributed by atoms with van der Waals surface area (Å²) in [5.41, 5.74) is 0. The Morgan fingerprint density at radius 3 is 1.38 bits per heavy atom. The molecular weight excluding hydrogens is 494 g/mol. The van der Waals surface area contributed by atoms with Gasteiger partial charge in [-0.1, -0.05) is 154 Å². The van der Waals surface area contributed by atoms with Crippen molar-refractivity contribution >= 4 is 5.91 Å². The van der Waals surface area contributed by atoms with Crippen molar-refractivity contribution in [1.29, 1.82) is 0 Å². The van der Waals surface area contributed by atoms with Gasteiger partial charge in [-0.25, -0.2) is 0 Å². The van der Waals surface area contributed by atoms with Gasteiger partial charge in [-0.2, -0.15) is 0 Å². The number of amides is 1. The largest absolute Gasteiger partial charge is 0.394 e. The molecule has 2 unspecified atom stereocenters. The van der Waals surface area contributed by atoms with Crippen LogP contribution < -0.4 is 5.32 Å². The number of unbranched alkanes of at least 4 members (excludes halogenated alkanes) is 22. The normalized spacial score (nSPS) is 13.4. The first kappa shape index (κ1) is 38.9. The molecule has 2 atom stereocenters. The summed E-state index contributed by atoms with van der Waals surface area (Å²) in [6.45, 7) is 4.28. The van der Waals surface area contributed by atoms with Crippen molar-refractivity contribution in [2.75, 3.05) is 6.61 Å². The van der Waals surface area contributed by atoms with Crippen molar-refractivity contribution in [1.82, 2.24) is 5.32 Å². The van der Waals surface area contributed by atoms with Gasteiger partial charge in [0.05, 0.1) is 18.8 Å². The Bertz CT molecular complexity index is 574. The van der Waals surface area contributed by atoms with Crippen molar-refractivity contribution in [3.8, 4) is 0 Å². The smallest absolute Gasteiger partial charge is 0.220 e. The molecule has 0 aromatic rings. The molecule has 4 heteroatoms. The summed E-state index contributed by atoms with van der Waals surface area (Å²) in [6.07, 6.45) is 39.7. The maximum atomic E-state index is 12.3. The second-order valence-electron chi connectivity index (χ2n) is 11.9. The van der Waals surface area contributed by atoms with E-state index < -0.39 is 12.1 Å². The number of carbonyl (C=O) groups excluding carboxylic acids is 1. The Morgan fingerprint density at radius 2 is 0.950 bits per heavy atom. The standard InChI is InChI=1S/C36H69NO3/c1-3-5-7-9-11-13-15-17-19-21-23-25-27-29-31-35(39)34(33-38)37-36(40)32-30-28-26-24-22-20-18-16-14-12-10-8-6-4-2/h16,18,29,31,34-35,38-39H,3-15,17,19-28,30,32-33H2,1-2H3,(H,37,40)/b18-16-,31-29+. The summed E-state index contributed by atoms with van der Waals surface area (Å²) < 4.78 is 0. The van der Waals surface area contributed by atoms with Crippen molar-refractivity contribution in [3.05, 3.63) is 24.3 Å². The maximum Gasteiger partial charge on any atom is 0.220 e. The number of aliphatic hydroxyl groups excluding tert-OH is 2. The monoisotopic (exact) mass is 564 g/mol. The second kappa shape index (κ2) is 32.4. The quantitative estimate of drug-likeness (QED) is 0.0580. The second-order valence-corrected chi connectivity index (χ2v) is 11.9. The summed E-state index contributed by atoms with van der Waals surface area (Å²) >= 11 is 0. The van der Waals surface area contributed by atoms with Gasteiger partial charge in [-0.3, -0.25) is 4.79 Å². The Hall–Kier alpha value is -1.13. The van der Waals surface area contributed by atoms with Crippen LogP contribution in [-0.2, 0) is 4.79 Å². The minimum absolute atomic E-state index is 0.0747. The van der Waals surface area contributed by atoms with E-state index in [9.17, 15) is 15.0 Å². The van der Waals surface area contributed by atoms with Gasteiger partial charge in [-0.15, -0.1) is 0 Å². The fourth-order valence-corrected chi connectivity index (χ4v) is 5.17. The number of carbonyl (C=O) groups is 1. The topological polar surface area (TPSA) is 69.6 Å². The molecule has 0 saturated heterocycles. The number of hydrogen-bond donors (Lipinski definition) is 3. The average Bonchev–Trinajstić information content (AvgIpc) is 2.96. The van der Waals surface area contributed by atoms with E-state index in [0.717, 1.165) is 32.1 Å². The van der Waals surface area contributed by atoms with E-state index in [2.05, 4.69) is 31.3 Å². The number of nitrogens with one attached hydrogen (secondary N) is 1. The molecule has 0 saturated carbocycles. The SMILES string of the molecule is CCCCCCC/C=C\CCCCCCCC(=O)NC(CO)C(O)/C=C/CCCCCCCCCCCCCC. The highest BCUT2D eigenvalue weighted by Gasteiger charge is 2.17. The van der Waals surface area contributed by atoms with Crippen molar-refractivity contribution in [3.63, 3.8) is 0 Å². The Morgan fingerprint density at radius 1 is 0.575 bits per heavy atom. The van der Waals surface area contributed by atoms with E-state index >= 15 is 0 Å². The number of hydrogen-bond acceptors (Lipinski definition) is 3. The van der Waals surface area contributed by atoms with Gasteiger partial charge in [0.1, 0.15) is 0 Å². The van der Waals surface area contributed by atoms with E-state index in [1.807, 2.05) is 6.08 Å². The molecule has 0 aromatic carbocycles. The zero-order valence-corrected chi connectivity index (χ0v) is 26.9. The Labute approximate surface area is 249 Å². The lowest BCUT2D eigenvalue weighted by Crippen LogP contribution is -2.45. The van der Waals surface area contributed by atoms with Gasteiger partial charge >= 0.3 is 0 Å². The number of allylic oxidation sites excluding steroid dienone is 3. The molecule has 0 aromatic heterocycles. The molecule has 236 valence electrons. The van der Waals surface area contributed by atoms with Gasteiger partial charge < -0.3 is 15.5 Å². The summed E-state index contributed by atoms with van der Waals surface area (Å²) in [5.74, 6) is -0.0747. The zero-order chi connectivity index (χ0) is 29.4. The van der Waals surface area contributed by atoms with Gasteiger partial charge in [0.2, 0.25) is 5.91 Å². The third kappa shape index (κ3) is 28.4. The molecule has 0 bridgehead atoms. The molecule has 0 aliphatic carbocycles. The lowest BCUT2D eigenvalue weighted by atomic mass is 10.0. The minimum Gasteiger partial charge on any atom is -0.394 e. The highest BCUT2D eigenvalue weighted by atomic mass is 16.3. The average molecular weight is 564 g/mol. The predicted octanol–water partition coefficient (Wildman–Crippen LogP) is 10.1. The molecule has 0 rings (SSSR count). The molecule has 1 amide bonds. The summed E-state index contributed by atoms with van der Waals surface area (Å²) in [5, 5.41) is 22.8. The first-order valence-corrected chi connectivity index (χ1v) is 17.6. The molecule has 0 radical (unpaired) electrons. The van der Waals surface area contributed by atoms with Crippen LogP contribution in [0.2, 0.25) is 0 Å². The van der Waals surface area contributed by atoms with E-state index in [4.69, 9.17) is 0 Å². The molecule has 40 heavy (non-hydrogen) atoms. The van der Waals surface area contributed by atoms with Crippen LogP contribution in [0.25, 0.3) is 0 Å². The number of aliphatic hydroxyl groups is 2. The summed E-state index contributed by atoms with van der Waals surface area (Å²) in [6, 6.07) is -0.621. The molecule has 4 nitrogen and oxygen atoms in total. The van der Waals surface area contributed by atoms with Gasteiger partial charge in [0.15, 0.2) is 0 Å². The van der Waals surface area contributed by atoms with Crippen LogP contribution in [0.4, 0.5) is 0 Å². The highest BCUT2D eigenvalue weighted by Crippen LogP contribution is 2.13. The first-order valence-electron chi connectivity index (χ1n) is 17.6. The van der Waals surface area contributed by atoms with Crippen LogP contribution in [0.15, 0.2) is 24.3 Å². The zero-order valence-electron chi connectivity index (χ0n) is 26.9. The molecule has 0 fully saturated rings.